The number of aromatic nitrogens is 4. The van der Waals surface area contributed by atoms with Crippen molar-refractivity contribution in [3.63, 3.8) is 0 Å². The molecule has 0 amide bonds. The van der Waals surface area contributed by atoms with Crippen molar-refractivity contribution >= 4 is 53.3 Å². The molecule has 0 unspecified atom stereocenters. The molecule has 262 valence electrons. The molecule has 3 aromatic heterocycles. The predicted octanol–water partition coefficient (Wildman–Crippen LogP) is 13.7. The van der Waals surface area contributed by atoms with Gasteiger partial charge in [0, 0.05) is 58.9 Å². The maximum Gasteiger partial charge on any atom is 0.164 e. The Bertz CT molecular complexity index is 3240. The molecule has 0 atom stereocenters. The standard InChI is InChI=1S/C51H32N4S/c1-3-14-33(15-4-1)34-28-30-36(31-29-34)50-52-49(35-16-5-2-6-17-35)53-51(54-50)37-18-11-19-38(32-37)55-44-25-9-7-21-43(44)47-40(22-13-26-45(47)55)42-24-12-23-41-39-20-8-10-27-46(39)56-48(41)42/h1-32H. The minimum absolute atomic E-state index is 0.626. The lowest BCUT2D eigenvalue weighted by molar-refractivity contribution is 1.07. The van der Waals surface area contributed by atoms with Crippen LogP contribution < -0.4 is 0 Å². The van der Waals surface area contributed by atoms with Crippen molar-refractivity contribution in [2.45, 2.75) is 0 Å². The second kappa shape index (κ2) is 13.3. The van der Waals surface area contributed by atoms with Gasteiger partial charge in [0.05, 0.1) is 11.0 Å². The molecule has 8 aromatic carbocycles. The monoisotopic (exact) mass is 732 g/mol. The zero-order chi connectivity index (χ0) is 37.0. The van der Waals surface area contributed by atoms with Crippen molar-refractivity contribution in [2.24, 2.45) is 0 Å². The molecular formula is C51H32N4S. The van der Waals surface area contributed by atoms with Crippen molar-refractivity contribution in [3.8, 4) is 62.1 Å². The highest BCUT2D eigenvalue weighted by molar-refractivity contribution is 7.26. The Labute approximate surface area is 327 Å². The van der Waals surface area contributed by atoms with E-state index in [2.05, 4.69) is 162 Å². The number of thiophene rings is 1. The van der Waals surface area contributed by atoms with Gasteiger partial charge >= 0.3 is 0 Å². The molecular weight excluding hydrogens is 701 g/mol. The van der Waals surface area contributed by atoms with Crippen molar-refractivity contribution in [2.75, 3.05) is 0 Å². The van der Waals surface area contributed by atoms with Crippen LogP contribution in [-0.4, -0.2) is 19.5 Å². The van der Waals surface area contributed by atoms with Crippen molar-refractivity contribution < 1.29 is 0 Å². The third kappa shape index (κ3) is 5.40. The molecule has 3 heterocycles. The van der Waals surface area contributed by atoms with Crippen LogP contribution in [-0.2, 0) is 0 Å². The van der Waals surface area contributed by atoms with Crippen LogP contribution in [0.15, 0.2) is 194 Å². The first kappa shape index (κ1) is 32.2. The Balaban J connectivity index is 1.07. The lowest BCUT2D eigenvalue weighted by Gasteiger charge is -2.12. The first-order chi connectivity index (χ1) is 27.8. The quantitative estimate of drug-likeness (QED) is 0.171. The van der Waals surface area contributed by atoms with Gasteiger partial charge in [0.25, 0.3) is 0 Å². The Morgan fingerprint density at radius 1 is 0.357 bits per heavy atom. The Morgan fingerprint density at radius 3 is 1.66 bits per heavy atom. The number of para-hydroxylation sites is 1. The van der Waals surface area contributed by atoms with Crippen molar-refractivity contribution in [1.29, 1.82) is 0 Å². The lowest BCUT2D eigenvalue weighted by atomic mass is 9.98. The fourth-order valence-electron chi connectivity index (χ4n) is 8.06. The molecule has 0 N–H and O–H groups in total. The molecule has 11 aromatic rings. The second-order valence-corrected chi connectivity index (χ2v) is 15.1. The molecule has 0 saturated carbocycles. The summed E-state index contributed by atoms with van der Waals surface area (Å²) in [7, 11) is 0. The highest BCUT2D eigenvalue weighted by Gasteiger charge is 2.19. The third-order valence-electron chi connectivity index (χ3n) is 10.7. The molecule has 56 heavy (non-hydrogen) atoms. The molecule has 0 radical (unpaired) electrons. The zero-order valence-electron chi connectivity index (χ0n) is 30.2. The summed E-state index contributed by atoms with van der Waals surface area (Å²) in [6.45, 7) is 0. The smallest absolute Gasteiger partial charge is 0.164 e. The van der Waals surface area contributed by atoms with Gasteiger partial charge in [-0.2, -0.15) is 0 Å². The maximum absolute atomic E-state index is 5.12. The SMILES string of the molecule is c1ccc(-c2ccc(-c3nc(-c4ccccc4)nc(-c4cccc(-n5c6ccccc6c6c(-c7cccc8c7sc7ccccc78)cccc65)c4)n3)cc2)cc1. The Morgan fingerprint density at radius 2 is 0.875 bits per heavy atom. The van der Waals surface area contributed by atoms with E-state index < -0.39 is 0 Å². The minimum atomic E-state index is 0.626. The molecule has 11 rings (SSSR count). The predicted molar refractivity (Wildman–Crippen MR) is 234 cm³/mol. The Kier molecular flexibility index (Phi) is 7.64. The van der Waals surface area contributed by atoms with E-state index in [4.69, 9.17) is 15.0 Å². The molecule has 0 aliphatic carbocycles. The van der Waals surface area contributed by atoms with Gasteiger partial charge in [-0.3, -0.25) is 0 Å². The van der Waals surface area contributed by atoms with E-state index in [0.29, 0.717) is 17.5 Å². The van der Waals surface area contributed by atoms with Gasteiger partial charge in [0.1, 0.15) is 0 Å². The topological polar surface area (TPSA) is 43.6 Å². The van der Waals surface area contributed by atoms with E-state index in [-0.39, 0.29) is 0 Å². The second-order valence-electron chi connectivity index (χ2n) is 14.0. The van der Waals surface area contributed by atoms with E-state index in [1.807, 2.05) is 47.7 Å². The number of nitrogens with zero attached hydrogens (tertiary/aromatic N) is 4. The number of hydrogen-bond donors (Lipinski definition) is 0. The normalized spacial score (nSPS) is 11.6. The summed E-state index contributed by atoms with van der Waals surface area (Å²) < 4.78 is 5.00. The van der Waals surface area contributed by atoms with Gasteiger partial charge in [-0.15, -0.1) is 11.3 Å². The van der Waals surface area contributed by atoms with Crippen LogP contribution in [0.5, 0.6) is 0 Å². The minimum Gasteiger partial charge on any atom is -0.309 e. The summed E-state index contributed by atoms with van der Waals surface area (Å²) in [6, 6.07) is 68.5. The largest absolute Gasteiger partial charge is 0.309 e. The van der Waals surface area contributed by atoms with E-state index >= 15 is 0 Å². The van der Waals surface area contributed by atoms with Crippen LogP contribution in [0.3, 0.4) is 0 Å². The van der Waals surface area contributed by atoms with Crippen LogP contribution in [0, 0.1) is 0 Å². The first-order valence-corrected chi connectivity index (χ1v) is 19.6. The highest BCUT2D eigenvalue weighted by Crippen LogP contribution is 2.44. The summed E-state index contributed by atoms with van der Waals surface area (Å²) in [4.78, 5) is 15.2. The molecule has 0 fully saturated rings. The number of rotatable bonds is 6. The third-order valence-corrected chi connectivity index (χ3v) is 11.9. The van der Waals surface area contributed by atoms with Crippen LogP contribution in [0.2, 0.25) is 0 Å². The van der Waals surface area contributed by atoms with Crippen LogP contribution in [0.4, 0.5) is 0 Å². The highest BCUT2D eigenvalue weighted by atomic mass is 32.1. The summed E-state index contributed by atoms with van der Waals surface area (Å²) >= 11 is 1.87. The number of hydrogen-bond acceptors (Lipinski definition) is 4. The molecule has 4 nitrogen and oxygen atoms in total. The average molecular weight is 733 g/mol. The van der Waals surface area contributed by atoms with Gasteiger partial charge in [-0.05, 0) is 47.0 Å². The molecule has 0 saturated heterocycles. The summed E-state index contributed by atoms with van der Waals surface area (Å²) in [5.41, 5.74) is 11.0. The summed E-state index contributed by atoms with van der Waals surface area (Å²) in [5.74, 6) is 1.90. The van der Waals surface area contributed by atoms with Crippen molar-refractivity contribution in [3.05, 3.63) is 194 Å². The summed E-state index contributed by atoms with van der Waals surface area (Å²) in [5, 5.41) is 5.07. The fraction of sp³-hybridized carbons (Fsp3) is 0. The van der Waals surface area contributed by atoms with Gasteiger partial charge in [0.15, 0.2) is 17.5 Å². The fourth-order valence-corrected chi connectivity index (χ4v) is 9.29. The molecule has 5 heteroatoms. The first-order valence-electron chi connectivity index (χ1n) is 18.8. The van der Waals surface area contributed by atoms with Gasteiger partial charge in [-0.1, -0.05) is 164 Å². The Hall–Kier alpha value is -7.21. The number of benzene rings is 8. The van der Waals surface area contributed by atoms with E-state index in [9.17, 15) is 0 Å². The summed E-state index contributed by atoms with van der Waals surface area (Å²) in [6.07, 6.45) is 0. The number of fused-ring (bicyclic) bond motifs is 6. The van der Waals surface area contributed by atoms with Gasteiger partial charge in [-0.25, -0.2) is 15.0 Å². The van der Waals surface area contributed by atoms with E-state index in [0.717, 1.165) is 39.0 Å². The van der Waals surface area contributed by atoms with Crippen LogP contribution >= 0.6 is 11.3 Å². The van der Waals surface area contributed by atoms with E-state index in [1.165, 1.54) is 47.6 Å². The zero-order valence-corrected chi connectivity index (χ0v) is 31.0. The van der Waals surface area contributed by atoms with E-state index in [1.54, 1.807) is 0 Å². The lowest BCUT2D eigenvalue weighted by Crippen LogP contribution is -2.01. The molecule has 0 spiro atoms. The van der Waals surface area contributed by atoms with Gasteiger partial charge < -0.3 is 4.57 Å². The molecule has 0 aliphatic heterocycles. The molecule has 0 bridgehead atoms. The average Bonchev–Trinajstić information content (AvgIpc) is 3.83. The van der Waals surface area contributed by atoms with Crippen LogP contribution in [0.1, 0.15) is 0 Å². The van der Waals surface area contributed by atoms with Crippen molar-refractivity contribution in [1.82, 2.24) is 19.5 Å². The van der Waals surface area contributed by atoms with Gasteiger partial charge in [0.2, 0.25) is 0 Å². The maximum atomic E-state index is 5.12. The van der Waals surface area contributed by atoms with Crippen LogP contribution in [0.25, 0.3) is 104 Å². The molecule has 0 aliphatic rings.